The molecule has 1 aromatic rings. The molecule has 4 nitrogen and oxygen atoms in total. The van der Waals surface area contributed by atoms with Crippen molar-refractivity contribution in [1.29, 1.82) is 0 Å². The van der Waals surface area contributed by atoms with Gasteiger partial charge in [-0.3, -0.25) is 4.79 Å². The summed E-state index contributed by atoms with van der Waals surface area (Å²) in [6.45, 7) is 0.389. The van der Waals surface area contributed by atoms with E-state index in [0.29, 0.717) is 12.6 Å². The highest BCUT2D eigenvalue weighted by Crippen LogP contribution is 2.09. The molecule has 1 amide bonds. The number of hydrogen-bond donors (Lipinski definition) is 2. The van der Waals surface area contributed by atoms with E-state index in [1.165, 1.54) is 0 Å². The van der Waals surface area contributed by atoms with Crippen molar-refractivity contribution in [2.75, 3.05) is 27.2 Å². The van der Waals surface area contributed by atoms with E-state index in [1.54, 1.807) is 19.0 Å². The van der Waals surface area contributed by atoms with Crippen LogP contribution in [0.2, 0.25) is 0 Å². The van der Waals surface area contributed by atoms with Crippen molar-refractivity contribution in [3.8, 4) is 0 Å². The van der Waals surface area contributed by atoms with E-state index in [1.807, 2.05) is 0 Å². The number of nitrogens with zero attached hydrogens (tertiary/aromatic N) is 1. The lowest BCUT2D eigenvalue weighted by atomic mass is 10.2. The minimum absolute atomic E-state index is 0.00777. The second-order valence-electron chi connectivity index (χ2n) is 4.25. The molecular formula is C12H16F2N2O2. The van der Waals surface area contributed by atoms with Crippen LogP contribution >= 0.6 is 0 Å². The van der Waals surface area contributed by atoms with Gasteiger partial charge in [0.1, 0.15) is 11.6 Å². The fourth-order valence-electron chi connectivity index (χ4n) is 1.47. The molecule has 0 aliphatic rings. The zero-order valence-corrected chi connectivity index (χ0v) is 10.3. The number of aliphatic hydroxyl groups excluding tert-OH is 1. The maximum atomic E-state index is 13.3. The number of amides is 1. The Morgan fingerprint density at radius 1 is 1.44 bits per heavy atom. The Morgan fingerprint density at radius 3 is 2.67 bits per heavy atom. The van der Waals surface area contributed by atoms with Crippen LogP contribution in [0.25, 0.3) is 0 Å². The molecular weight excluding hydrogens is 242 g/mol. The van der Waals surface area contributed by atoms with Gasteiger partial charge in [0.15, 0.2) is 0 Å². The van der Waals surface area contributed by atoms with Gasteiger partial charge in [-0.05, 0) is 26.2 Å². The standard InChI is InChI=1S/C12H16F2N2O2/c1-16(2)7-9(17)6-15-12(18)10-4-3-8(13)5-11(10)14/h3-5,9,17H,6-7H2,1-2H3,(H,15,18). The SMILES string of the molecule is CN(C)CC(O)CNC(=O)c1ccc(F)cc1F. The average Bonchev–Trinajstić information content (AvgIpc) is 2.25. The molecule has 0 aliphatic heterocycles. The minimum atomic E-state index is -0.922. The molecule has 1 aromatic carbocycles. The van der Waals surface area contributed by atoms with Crippen LogP contribution in [0, 0.1) is 11.6 Å². The number of nitrogens with one attached hydrogen (secondary N) is 1. The molecule has 0 saturated carbocycles. The topological polar surface area (TPSA) is 52.6 Å². The maximum absolute atomic E-state index is 13.3. The quantitative estimate of drug-likeness (QED) is 0.814. The second-order valence-corrected chi connectivity index (χ2v) is 4.25. The average molecular weight is 258 g/mol. The summed E-state index contributed by atoms with van der Waals surface area (Å²) < 4.78 is 25.9. The van der Waals surface area contributed by atoms with E-state index in [-0.39, 0.29) is 12.1 Å². The summed E-state index contributed by atoms with van der Waals surface area (Å²) in [5, 5.41) is 11.9. The lowest BCUT2D eigenvalue weighted by molar-refractivity contribution is 0.0888. The van der Waals surface area contributed by atoms with E-state index in [0.717, 1.165) is 12.1 Å². The third-order valence-electron chi connectivity index (χ3n) is 2.25. The molecule has 1 rings (SSSR count). The lowest BCUT2D eigenvalue weighted by Gasteiger charge is -2.16. The van der Waals surface area contributed by atoms with Crippen molar-refractivity contribution in [3.63, 3.8) is 0 Å². The van der Waals surface area contributed by atoms with E-state index in [4.69, 9.17) is 0 Å². The molecule has 0 fully saturated rings. The molecule has 0 radical (unpaired) electrons. The van der Waals surface area contributed by atoms with E-state index in [2.05, 4.69) is 5.32 Å². The van der Waals surface area contributed by atoms with Gasteiger partial charge in [-0.1, -0.05) is 0 Å². The first-order chi connectivity index (χ1) is 8.40. The largest absolute Gasteiger partial charge is 0.390 e. The van der Waals surface area contributed by atoms with Crippen LogP contribution in [0.4, 0.5) is 8.78 Å². The third kappa shape index (κ3) is 4.38. The highest BCUT2D eigenvalue weighted by atomic mass is 19.1. The van der Waals surface area contributed by atoms with Gasteiger partial charge in [0, 0.05) is 19.2 Å². The van der Waals surface area contributed by atoms with Crippen LogP contribution in [0.5, 0.6) is 0 Å². The molecule has 0 aliphatic carbocycles. The number of carbonyl (C=O) groups is 1. The first-order valence-corrected chi connectivity index (χ1v) is 5.46. The molecule has 100 valence electrons. The van der Waals surface area contributed by atoms with Crippen LogP contribution in [0.1, 0.15) is 10.4 Å². The zero-order chi connectivity index (χ0) is 13.7. The van der Waals surface area contributed by atoms with Crippen LogP contribution < -0.4 is 5.32 Å². The number of aliphatic hydroxyl groups is 1. The van der Waals surface area contributed by atoms with E-state index in [9.17, 15) is 18.7 Å². The first kappa shape index (κ1) is 14.5. The van der Waals surface area contributed by atoms with Crippen molar-refractivity contribution < 1.29 is 18.7 Å². The summed E-state index contributed by atoms with van der Waals surface area (Å²) in [5.41, 5.74) is -0.242. The van der Waals surface area contributed by atoms with Gasteiger partial charge in [0.05, 0.1) is 11.7 Å². The number of hydrogen-bond acceptors (Lipinski definition) is 3. The number of carbonyl (C=O) groups excluding carboxylic acids is 1. The zero-order valence-electron chi connectivity index (χ0n) is 10.3. The Kier molecular flexibility index (Phi) is 5.18. The molecule has 18 heavy (non-hydrogen) atoms. The molecule has 2 N–H and O–H groups in total. The second kappa shape index (κ2) is 6.42. The summed E-state index contributed by atoms with van der Waals surface area (Å²) in [5.74, 6) is -2.34. The predicted octanol–water partition coefficient (Wildman–Crippen LogP) is 0.617. The van der Waals surface area contributed by atoms with Crippen molar-refractivity contribution >= 4 is 5.91 Å². The molecule has 1 unspecified atom stereocenters. The first-order valence-electron chi connectivity index (χ1n) is 5.46. The number of likely N-dealkylation sites (N-methyl/N-ethyl adjacent to an activating group) is 1. The predicted molar refractivity (Wildman–Crippen MR) is 63.3 cm³/mol. The molecule has 0 aromatic heterocycles. The fourth-order valence-corrected chi connectivity index (χ4v) is 1.47. The lowest BCUT2D eigenvalue weighted by Crippen LogP contribution is -2.38. The van der Waals surface area contributed by atoms with Gasteiger partial charge in [-0.25, -0.2) is 8.78 Å². The third-order valence-corrected chi connectivity index (χ3v) is 2.25. The Bertz CT molecular complexity index is 425. The number of halogens is 2. The van der Waals surface area contributed by atoms with Crippen molar-refractivity contribution in [2.24, 2.45) is 0 Å². The summed E-state index contributed by atoms with van der Waals surface area (Å²) in [7, 11) is 3.56. The van der Waals surface area contributed by atoms with Gasteiger partial charge in [-0.2, -0.15) is 0 Å². The van der Waals surface area contributed by atoms with Crippen molar-refractivity contribution in [1.82, 2.24) is 10.2 Å². The Hall–Kier alpha value is -1.53. The fraction of sp³-hybridized carbons (Fsp3) is 0.417. The Balaban J connectivity index is 2.55. The van der Waals surface area contributed by atoms with E-state index < -0.39 is 23.6 Å². The molecule has 0 heterocycles. The van der Waals surface area contributed by atoms with Crippen LogP contribution in [0.3, 0.4) is 0 Å². The molecule has 0 saturated heterocycles. The summed E-state index contributed by atoms with van der Waals surface area (Å²) >= 11 is 0. The molecule has 0 bridgehead atoms. The highest BCUT2D eigenvalue weighted by Gasteiger charge is 2.14. The van der Waals surface area contributed by atoms with E-state index >= 15 is 0 Å². The van der Waals surface area contributed by atoms with Crippen LogP contribution in [0.15, 0.2) is 18.2 Å². The summed E-state index contributed by atoms with van der Waals surface area (Å²) in [4.78, 5) is 13.3. The normalized spacial score (nSPS) is 12.6. The van der Waals surface area contributed by atoms with Gasteiger partial charge in [0.2, 0.25) is 0 Å². The van der Waals surface area contributed by atoms with Crippen LogP contribution in [-0.4, -0.2) is 49.2 Å². The van der Waals surface area contributed by atoms with Gasteiger partial charge >= 0.3 is 0 Å². The summed E-state index contributed by atoms with van der Waals surface area (Å²) in [6, 6.07) is 2.72. The highest BCUT2D eigenvalue weighted by molar-refractivity contribution is 5.94. The summed E-state index contributed by atoms with van der Waals surface area (Å²) in [6.07, 6.45) is -0.743. The Labute approximate surface area is 104 Å². The van der Waals surface area contributed by atoms with Crippen molar-refractivity contribution in [3.05, 3.63) is 35.4 Å². The molecule has 0 spiro atoms. The Morgan fingerprint density at radius 2 is 2.11 bits per heavy atom. The smallest absolute Gasteiger partial charge is 0.254 e. The molecule has 6 heteroatoms. The van der Waals surface area contributed by atoms with Gasteiger partial charge in [0.25, 0.3) is 5.91 Å². The molecule has 1 atom stereocenters. The maximum Gasteiger partial charge on any atom is 0.254 e. The minimum Gasteiger partial charge on any atom is -0.390 e. The van der Waals surface area contributed by atoms with Crippen LogP contribution in [-0.2, 0) is 0 Å². The van der Waals surface area contributed by atoms with Crippen molar-refractivity contribution in [2.45, 2.75) is 6.10 Å². The number of rotatable bonds is 5. The van der Waals surface area contributed by atoms with Gasteiger partial charge < -0.3 is 15.3 Å². The number of benzene rings is 1. The van der Waals surface area contributed by atoms with Gasteiger partial charge in [-0.15, -0.1) is 0 Å². The monoisotopic (exact) mass is 258 g/mol.